The molecule has 2 heteroatoms. The first-order valence-corrected chi connectivity index (χ1v) is 4.26. The third-order valence-electron chi connectivity index (χ3n) is 1.79. The minimum absolute atomic E-state index is 0.564. The fourth-order valence-corrected chi connectivity index (χ4v) is 0.947. The van der Waals surface area contributed by atoms with Crippen molar-refractivity contribution in [3.63, 3.8) is 0 Å². The van der Waals surface area contributed by atoms with Gasteiger partial charge in [0.25, 0.3) is 0 Å². The Balaban J connectivity index is 4.05. The Hall–Kier alpha value is -1.28. The van der Waals surface area contributed by atoms with Crippen molar-refractivity contribution < 1.29 is 0 Å². The van der Waals surface area contributed by atoms with E-state index < -0.39 is 0 Å². The van der Waals surface area contributed by atoms with E-state index in [1.54, 1.807) is 6.92 Å². The van der Waals surface area contributed by atoms with Crippen LogP contribution in [0, 0.1) is 22.7 Å². The van der Waals surface area contributed by atoms with Crippen LogP contribution in [0.15, 0.2) is 11.1 Å². The molecule has 0 aliphatic carbocycles. The van der Waals surface area contributed by atoms with Crippen molar-refractivity contribution in [3.05, 3.63) is 11.1 Å². The molecule has 0 N–H and O–H groups in total. The average Bonchev–Trinajstić information content (AvgIpc) is 2.11. The Labute approximate surface area is 74.1 Å². The molecule has 0 aliphatic rings. The monoisotopic (exact) mass is 162 g/mol. The molecular formula is C10H14N2. The summed E-state index contributed by atoms with van der Waals surface area (Å²) in [5, 5.41) is 17.2. The average molecular weight is 162 g/mol. The maximum absolute atomic E-state index is 8.67. The highest BCUT2D eigenvalue weighted by Crippen LogP contribution is 2.11. The van der Waals surface area contributed by atoms with Gasteiger partial charge in [0.1, 0.15) is 0 Å². The molecule has 0 fully saturated rings. The summed E-state index contributed by atoms with van der Waals surface area (Å²) in [6.07, 6.45) is 4.04. The minimum Gasteiger partial charge on any atom is -0.193 e. The molecule has 0 unspecified atom stereocenters. The standard InChI is InChI=1S/C10H14N2/c1-3-4-5-6-10(8-12)9(2)7-11/h3-6H2,1-2H3/b10-9+. The molecular weight excluding hydrogens is 148 g/mol. The first kappa shape index (κ1) is 10.7. The molecule has 0 saturated heterocycles. The van der Waals surface area contributed by atoms with Gasteiger partial charge in [-0.25, -0.2) is 0 Å². The molecule has 12 heavy (non-hydrogen) atoms. The van der Waals surface area contributed by atoms with Crippen LogP contribution in [-0.2, 0) is 0 Å². The van der Waals surface area contributed by atoms with E-state index in [1.807, 2.05) is 6.07 Å². The van der Waals surface area contributed by atoms with Gasteiger partial charge in [-0.15, -0.1) is 0 Å². The van der Waals surface area contributed by atoms with Crippen LogP contribution >= 0.6 is 0 Å². The molecule has 0 spiro atoms. The molecule has 0 aromatic carbocycles. The van der Waals surface area contributed by atoms with Gasteiger partial charge in [-0.05, 0) is 19.8 Å². The second-order valence-corrected chi connectivity index (χ2v) is 2.78. The van der Waals surface area contributed by atoms with Crippen LogP contribution in [0.2, 0.25) is 0 Å². The van der Waals surface area contributed by atoms with Crippen molar-refractivity contribution in [2.45, 2.75) is 39.5 Å². The Morgan fingerprint density at radius 3 is 2.25 bits per heavy atom. The molecule has 0 radical (unpaired) electrons. The van der Waals surface area contributed by atoms with E-state index in [0.717, 1.165) is 25.7 Å². The van der Waals surface area contributed by atoms with Crippen LogP contribution < -0.4 is 0 Å². The Morgan fingerprint density at radius 1 is 1.17 bits per heavy atom. The summed E-state index contributed by atoms with van der Waals surface area (Å²) in [4.78, 5) is 0. The topological polar surface area (TPSA) is 47.6 Å². The molecule has 0 amide bonds. The van der Waals surface area contributed by atoms with Gasteiger partial charge in [-0.3, -0.25) is 0 Å². The van der Waals surface area contributed by atoms with E-state index in [9.17, 15) is 0 Å². The highest BCUT2D eigenvalue weighted by Gasteiger charge is 1.99. The molecule has 0 aromatic heterocycles. The van der Waals surface area contributed by atoms with Gasteiger partial charge in [0.2, 0.25) is 0 Å². The molecule has 0 rings (SSSR count). The van der Waals surface area contributed by atoms with Crippen molar-refractivity contribution in [1.29, 1.82) is 10.5 Å². The summed E-state index contributed by atoms with van der Waals surface area (Å²) in [5.41, 5.74) is 1.21. The zero-order valence-electron chi connectivity index (χ0n) is 7.72. The van der Waals surface area contributed by atoms with E-state index in [2.05, 4.69) is 13.0 Å². The Morgan fingerprint density at radius 2 is 1.83 bits per heavy atom. The lowest BCUT2D eigenvalue weighted by molar-refractivity contribution is 0.718. The molecule has 64 valence electrons. The smallest absolute Gasteiger partial charge is 0.0957 e. The summed E-state index contributed by atoms with van der Waals surface area (Å²) >= 11 is 0. The first-order valence-electron chi connectivity index (χ1n) is 4.26. The van der Waals surface area contributed by atoms with Gasteiger partial charge in [-0.2, -0.15) is 10.5 Å². The zero-order valence-corrected chi connectivity index (χ0v) is 7.72. The van der Waals surface area contributed by atoms with Gasteiger partial charge in [0.15, 0.2) is 0 Å². The number of nitrogens with zero attached hydrogens (tertiary/aromatic N) is 2. The minimum atomic E-state index is 0.564. The highest BCUT2D eigenvalue weighted by molar-refractivity contribution is 5.34. The lowest BCUT2D eigenvalue weighted by atomic mass is 10.0. The Kier molecular flexibility index (Phi) is 5.75. The van der Waals surface area contributed by atoms with Crippen molar-refractivity contribution in [2.24, 2.45) is 0 Å². The third kappa shape index (κ3) is 3.78. The summed E-state index contributed by atoms with van der Waals surface area (Å²) in [6.45, 7) is 3.82. The summed E-state index contributed by atoms with van der Waals surface area (Å²) in [7, 11) is 0. The third-order valence-corrected chi connectivity index (χ3v) is 1.79. The normalized spacial score (nSPS) is 11.3. The van der Waals surface area contributed by atoms with Crippen molar-refractivity contribution in [2.75, 3.05) is 0 Å². The van der Waals surface area contributed by atoms with E-state index in [0.29, 0.717) is 11.1 Å². The van der Waals surface area contributed by atoms with Crippen molar-refractivity contribution in [3.8, 4) is 12.1 Å². The van der Waals surface area contributed by atoms with Gasteiger partial charge >= 0.3 is 0 Å². The summed E-state index contributed by atoms with van der Waals surface area (Å²) in [6, 6.07) is 4.07. The number of hydrogen-bond acceptors (Lipinski definition) is 2. The van der Waals surface area contributed by atoms with E-state index in [4.69, 9.17) is 10.5 Å². The molecule has 0 aliphatic heterocycles. The second kappa shape index (κ2) is 6.43. The predicted octanol–water partition coefficient (Wildman–Crippen LogP) is 2.93. The molecule has 2 nitrogen and oxygen atoms in total. The van der Waals surface area contributed by atoms with Crippen molar-refractivity contribution in [1.82, 2.24) is 0 Å². The predicted molar refractivity (Wildman–Crippen MR) is 48.1 cm³/mol. The number of allylic oxidation sites excluding steroid dienone is 2. The van der Waals surface area contributed by atoms with Crippen LogP contribution in [0.1, 0.15) is 39.5 Å². The molecule has 0 aromatic rings. The SMILES string of the molecule is CCCCC/C(C#N)=C(/C)C#N. The second-order valence-electron chi connectivity index (χ2n) is 2.78. The van der Waals surface area contributed by atoms with Crippen molar-refractivity contribution >= 4 is 0 Å². The maximum atomic E-state index is 8.67. The number of unbranched alkanes of at least 4 members (excludes halogenated alkanes) is 2. The van der Waals surface area contributed by atoms with Crippen LogP contribution in [0.4, 0.5) is 0 Å². The quantitative estimate of drug-likeness (QED) is 0.471. The van der Waals surface area contributed by atoms with Crippen LogP contribution in [-0.4, -0.2) is 0 Å². The largest absolute Gasteiger partial charge is 0.193 e. The van der Waals surface area contributed by atoms with Crippen LogP contribution in [0.25, 0.3) is 0 Å². The fraction of sp³-hybridized carbons (Fsp3) is 0.600. The summed E-state index contributed by atoms with van der Waals surface area (Å²) < 4.78 is 0. The van der Waals surface area contributed by atoms with Crippen LogP contribution in [0.3, 0.4) is 0 Å². The van der Waals surface area contributed by atoms with Gasteiger partial charge in [-0.1, -0.05) is 19.8 Å². The van der Waals surface area contributed by atoms with Gasteiger partial charge < -0.3 is 0 Å². The van der Waals surface area contributed by atoms with E-state index in [1.165, 1.54) is 0 Å². The molecule has 0 bridgehead atoms. The lowest BCUT2D eigenvalue weighted by Crippen LogP contribution is -1.85. The lowest BCUT2D eigenvalue weighted by Gasteiger charge is -1.97. The maximum Gasteiger partial charge on any atom is 0.0957 e. The van der Waals surface area contributed by atoms with E-state index in [-0.39, 0.29) is 0 Å². The number of hydrogen-bond donors (Lipinski definition) is 0. The molecule has 0 saturated carbocycles. The van der Waals surface area contributed by atoms with Gasteiger partial charge in [0.05, 0.1) is 12.1 Å². The van der Waals surface area contributed by atoms with Gasteiger partial charge in [0, 0.05) is 11.1 Å². The van der Waals surface area contributed by atoms with E-state index >= 15 is 0 Å². The van der Waals surface area contributed by atoms with Crippen LogP contribution in [0.5, 0.6) is 0 Å². The Bertz CT molecular complexity index is 238. The molecule has 0 atom stereocenters. The first-order chi connectivity index (χ1) is 5.76. The summed E-state index contributed by atoms with van der Waals surface area (Å²) in [5.74, 6) is 0. The zero-order chi connectivity index (χ0) is 9.40. The highest BCUT2D eigenvalue weighted by atomic mass is 14.3. The molecule has 0 heterocycles. The fourth-order valence-electron chi connectivity index (χ4n) is 0.947. The number of rotatable bonds is 4. The number of nitriles is 2.